The number of rotatable bonds is 4. The number of ketones is 1. The van der Waals surface area contributed by atoms with Crippen LogP contribution in [0.4, 0.5) is 5.69 Å². The number of hydrogen-bond donors (Lipinski definition) is 1. The van der Waals surface area contributed by atoms with E-state index in [-0.39, 0.29) is 11.5 Å². The number of benzene rings is 2. The van der Waals surface area contributed by atoms with Gasteiger partial charge in [0.25, 0.3) is 0 Å². The van der Waals surface area contributed by atoms with Crippen molar-refractivity contribution in [3.63, 3.8) is 0 Å². The number of ether oxygens (including phenoxy) is 2. The van der Waals surface area contributed by atoms with Crippen molar-refractivity contribution in [2.45, 2.75) is 0 Å². The second-order valence-corrected chi connectivity index (χ2v) is 4.51. The average Bonchev–Trinajstić information content (AvgIpc) is 2.48. The number of hydrogen-bond acceptors (Lipinski definition) is 4. The van der Waals surface area contributed by atoms with E-state index in [1.807, 2.05) is 0 Å². The van der Waals surface area contributed by atoms with Gasteiger partial charge in [-0.3, -0.25) is 4.79 Å². The molecule has 5 heteroatoms. The molecular weight excluding hydrogens is 278 g/mol. The molecule has 0 aliphatic heterocycles. The molecule has 0 radical (unpaired) electrons. The van der Waals surface area contributed by atoms with Gasteiger partial charge in [0.1, 0.15) is 0 Å². The van der Waals surface area contributed by atoms with Gasteiger partial charge in [0, 0.05) is 11.1 Å². The van der Waals surface area contributed by atoms with Crippen molar-refractivity contribution in [3.05, 3.63) is 52.5 Å². The normalized spacial score (nSPS) is 10.2. The first-order valence-corrected chi connectivity index (χ1v) is 6.27. The second-order valence-electron chi connectivity index (χ2n) is 4.10. The summed E-state index contributed by atoms with van der Waals surface area (Å²) in [5.74, 6) is 0.827. The molecule has 0 aromatic heterocycles. The fourth-order valence-corrected chi connectivity index (χ4v) is 2.04. The van der Waals surface area contributed by atoms with Crippen LogP contribution in [0.2, 0.25) is 5.02 Å². The number of nitrogen functional groups attached to an aromatic ring is 1. The quantitative estimate of drug-likeness (QED) is 0.694. The van der Waals surface area contributed by atoms with Gasteiger partial charge in [-0.25, -0.2) is 0 Å². The number of halogens is 1. The zero-order chi connectivity index (χ0) is 14.7. The molecule has 0 amide bonds. The van der Waals surface area contributed by atoms with Crippen molar-refractivity contribution in [1.82, 2.24) is 0 Å². The highest BCUT2D eigenvalue weighted by molar-refractivity contribution is 6.34. The molecule has 104 valence electrons. The summed E-state index contributed by atoms with van der Waals surface area (Å²) in [7, 11) is 3.05. The molecule has 0 atom stereocenters. The molecule has 0 spiro atoms. The molecule has 0 aliphatic carbocycles. The van der Waals surface area contributed by atoms with Gasteiger partial charge in [-0.2, -0.15) is 0 Å². The van der Waals surface area contributed by atoms with Crippen LogP contribution in [0.1, 0.15) is 15.9 Å². The zero-order valence-electron chi connectivity index (χ0n) is 11.1. The van der Waals surface area contributed by atoms with Crippen LogP contribution in [0.25, 0.3) is 0 Å². The molecule has 2 aromatic carbocycles. The van der Waals surface area contributed by atoms with E-state index >= 15 is 0 Å². The highest BCUT2D eigenvalue weighted by Gasteiger charge is 2.16. The lowest BCUT2D eigenvalue weighted by Crippen LogP contribution is -2.06. The minimum absolute atomic E-state index is 0.217. The number of carbonyl (C=O) groups excluding carboxylic acids is 1. The number of nitrogens with two attached hydrogens (primary N) is 1. The topological polar surface area (TPSA) is 61.5 Å². The van der Waals surface area contributed by atoms with Gasteiger partial charge in [-0.05, 0) is 30.3 Å². The predicted molar refractivity (Wildman–Crippen MR) is 78.8 cm³/mol. The van der Waals surface area contributed by atoms with Crippen molar-refractivity contribution in [1.29, 1.82) is 0 Å². The van der Waals surface area contributed by atoms with E-state index in [9.17, 15) is 4.79 Å². The first kappa shape index (κ1) is 14.2. The molecule has 0 saturated carbocycles. The summed E-state index contributed by atoms with van der Waals surface area (Å²) < 4.78 is 10.3. The van der Waals surface area contributed by atoms with Crippen molar-refractivity contribution < 1.29 is 14.3 Å². The van der Waals surface area contributed by atoms with Crippen LogP contribution in [-0.4, -0.2) is 20.0 Å². The van der Waals surface area contributed by atoms with E-state index in [1.165, 1.54) is 14.2 Å². The summed E-state index contributed by atoms with van der Waals surface area (Å²) >= 11 is 5.93. The zero-order valence-corrected chi connectivity index (χ0v) is 11.9. The molecule has 2 N–H and O–H groups in total. The highest BCUT2D eigenvalue weighted by atomic mass is 35.5. The Morgan fingerprint density at radius 2 is 1.80 bits per heavy atom. The maximum absolute atomic E-state index is 12.5. The first-order chi connectivity index (χ1) is 9.58. The molecule has 20 heavy (non-hydrogen) atoms. The average molecular weight is 292 g/mol. The molecule has 2 aromatic rings. The summed E-state index contributed by atoms with van der Waals surface area (Å²) in [6.07, 6.45) is 0. The van der Waals surface area contributed by atoms with E-state index in [2.05, 4.69) is 0 Å². The van der Waals surface area contributed by atoms with Gasteiger partial charge in [-0.1, -0.05) is 17.7 Å². The van der Waals surface area contributed by atoms with Gasteiger partial charge in [0.15, 0.2) is 17.3 Å². The minimum atomic E-state index is -0.217. The summed E-state index contributed by atoms with van der Waals surface area (Å²) in [6, 6.07) is 9.91. The van der Waals surface area contributed by atoms with Crippen LogP contribution < -0.4 is 15.2 Å². The Balaban J connectivity index is 2.46. The number of carbonyl (C=O) groups is 1. The summed E-state index contributed by atoms with van der Waals surface area (Å²) in [5.41, 5.74) is 6.93. The van der Waals surface area contributed by atoms with E-state index < -0.39 is 0 Å². The van der Waals surface area contributed by atoms with Gasteiger partial charge in [-0.15, -0.1) is 0 Å². The molecule has 0 fully saturated rings. The Labute approximate surface area is 122 Å². The molecule has 4 nitrogen and oxygen atoms in total. The van der Waals surface area contributed by atoms with E-state index in [1.54, 1.807) is 36.4 Å². The lowest BCUT2D eigenvalue weighted by molar-refractivity contribution is 0.103. The monoisotopic (exact) mass is 291 g/mol. The van der Waals surface area contributed by atoms with Gasteiger partial charge in [0.2, 0.25) is 0 Å². The molecule has 0 heterocycles. The number of para-hydroxylation sites is 1. The highest BCUT2D eigenvalue weighted by Crippen LogP contribution is 2.30. The third kappa shape index (κ3) is 2.56. The van der Waals surface area contributed by atoms with Crippen molar-refractivity contribution in [2.24, 2.45) is 0 Å². The predicted octanol–water partition coefficient (Wildman–Crippen LogP) is 3.17. The Morgan fingerprint density at radius 1 is 1.10 bits per heavy atom. The van der Waals surface area contributed by atoms with Crippen molar-refractivity contribution >= 4 is 23.1 Å². The fraction of sp³-hybridized carbons (Fsp3) is 0.133. The van der Waals surface area contributed by atoms with E-state index in [4.69, 9.17) is 26.8 Å². The first-order valence-electron chi connectivity index (χ1n) is 5.89. The van der Waals surface area contributed by atoms with E-state index in [0.29, 0.717) is 27.6 Å². The maximum atomic E-state index is 12.5. The van der Waals surface area contributed by atoms with Gasteiger partial charge in [0.05, 0.1) is 24.9 Å². The SMILES string of the molecule is COc1ccc(C(=O)c2cccc(Cl)c2N)cc1OC. The molecule has 0 bridgehead atoms. The largest absolute Gasteiger partial charge is 0.493 e. The van der Waals surface area contributed by atoms with Crippen molar-refractivity contribution in [3.8, 4) is 11.5 Å². The lowest BCUT2D eigenvalue weighted by atomic mass is 10.0. The second kappa shape index (κ2) is 5.84. The molecule has 2 rings (SSSR count). The van der Waals surface area contributed by atoms with E-state index in [0.717, 1.165) is 0 Å². The molecule has 0 saturated heterocycles. The number of anilines is 1. The Bertz CT molecular complexity index is 656. The summed E-state index contributed by atoms with van der Waals surface area (Å²) in [5, 5.41) is 0.358. The molecule has 0 unspecified atom stereocenters. The Hall–Kier alpha value is -2.20. The van der Waals surface area contributed by atoms with Crippen LogP contribution in [-0.2, 0) is 0 Å². The van der Waals surface area contributed by atoms with Crippen LogP contribution in [0, 0.1) is 0 Å². The van der Waals surface area contributed by atoms with Crippen LogP contribution in [0.5, 0.6) is 11.5 Å². The summed E-state index contributed by atoms with van der Waals surface area (Å²) in [4.78, 5) is 12.5. The maximum Gasteiger partial charge on any atom is 0.195 e. The third-order valence-corrected chi connectivity index (χ3v) is 3.27. The molecular formula is C15H14ClNO3. The lowest BCUT2D eigenvalue weighted by Gasteiger charge is -2.10. The Morgan fingerprint density at radius 3 is 2.45 bits per heavy atom. The van der Waals surface area contributed by atoms with Crippen LogP contribution in [0.15, 0.2) is 36.4 Å². The van der Waals surface area contributed by atoms with Crippen molar-refractivity contribution in [2.75, 3.05) is 20.0 Å². The Kier molecular flexibility index (Phi) is 4.15. The smallest absolute Gasteiger partial charge is 0.195 e. The third-order valence-electron chi connectivity index (χ3n) is 2.94. The molecule has 0 aliphatic rings. The van der Waals surface area contributed by atoms with Crippen LogP contribution >= 0.6 is 11.6 Å². The fourth-order valence-electron chi connectivity index (χ4n) is 1.87. The van der Waals surface area contributed by atoms with Gasteiger partial charge >= 0.3 is 0 Å². The van der Waals surface area contributed by atoms with Gasteiger partial charge < -0.3 is 15.2 Å². The standard InChI is InChI=1S/C15H14ClNO3/c1-19-12-7-6-9(8-13(12)20-2)15(18)10-4-3-5-11(16)14(10)17/h3-8H,17H2,1-2H3. The number of methoxy groups -OCH3 is 2. The minimum Gasteiger partial charge on any atom is -0.493 e. The summed E-state index contributed by atoms with van der Waals surface area (Å²) in [6.45, 7) is 0. The van der Waals surface area contributed by atoms with Crippen LogP contribution in [0.3, 0.4) is 0 Å².